The van der Waals surface area contributed by atoms with Crippen LogP contribution in [0.4, 0.5) is 15.8 Å². The molecular weight excluding hydrogens is 351 g/mol. The first-order chi connectivity index (χ1) is 11.3. The summed E-state index contributed by atoms with van der Waals surface area (Å²) in [5, 5.41) is 2.85. The fraction of sp³-hybridized carbons (Fsp3) is 0.188. The van der Waals surface area contributed by atoms with Crippen LogP contribution in [0.3, 0.4) is 0 Å². The molecule has 0 fully saturated rings. The molecular formula is C16H15FN2O3S2. The number of hydrogen-bond donors (Lipinski definition) is 2. The number of halogens is 1. The first-order valence-electron chi connectivity index (χ1n) is 7.22. The van der Waals surface area contributed by atoms with Gasteiger partial charge in [-0.15, -0.1) is 11.8 Å². The van der Waals surface area contributed by atoms with Crippen LogP contribution in [0, 0.1) is 5.82 Å². The van der Waals surface area contributed by atoms with Crippen molar-refractivity contribution in [3.05, 3.63) is 48.3 Å². The Morgan fingerprint density at radius 2 is 1.92 bits per heavy atom. The fourth-order valence-corrected chi connectivity index (χ4v) is 4.47. The van der Waals surface area contributed by atoms with E-state index in [2.05, 4.69) is 10.0 Å². The van der Waals surface area contributed by atoms with Gasteiger partial charge in [-0.3, -0.25) is 9.52 Å². The minimum atomic E-state index is -3.84. The largest absolute Gasteiger partial charge is 0.325 e. The van der Waals surface area contributed by atoms with Gasteiger partial charge in [0.2, 0.25) is 5.91 Å². The van der Waals surface area contributed by atoms with E-state index in [0.29, 0.717) is 12.1 Å². The van der Waals surface area contributed by atoms with E-state index in [4.69, 9.17) is 0 Å². The molecule has 0 radical (unpaired) electrons. The average Bonchev–Trinajstić information content (AvgIpc) is 2.64. The van der Waals surface area contributed by atoms with Crippen molar-refractivity contribution < 1.29 is 17.6 Å². The van der Waals surface area contributed by atoms with E-state index in [1.165, 1.54) is 48.2 Å². The zero-order valence-electron chi connectivity index (χ0n) is 12.7. The highest BCUT2D eigenvalue weighted by atomic mass is 32.2. The molecule has 3 rings (SSSR count). The third-order valence-electron chi connectivity index (χ3n) is 3.43. The predicted molar refractivity (Wildman–Crippen MR) is 92.2 cm³/mol. The number of hydrogen-bond acceptors (Lipinski definition) is 4. The summed E-state index contributed by atoms with van der Waals surface area (Å²) in [4.78, 5) is 12.7. The topological polar surface area (TPSA) is 75.3 Å². The minimum Gasteiger partial charge on any atom is -0.325 e. The Bertz CT molecular complexity index is 883. The third-order valence-corrected chi connectivity index (χ3v) is 5.99. The summed E-state index contributed by atoms with van der Waals surface area (Å²) in [6.45, 7) is 1.94. The van der Waals surface area contributed by atoms with E-state index in [0.717, 1.165) is 4.90 Å². The molecule has 24 heavy (non-hydrogen) atoms. The molecule has 1 aliphatic heterocycles. The number of sulfonamides is 1. The summed E-state index contributed by atoms with van der Waals surface area (Å²) < 4.78 is 40.3. The van der Waals surface area contributed by atoms with E-state index in [9.17, 15) is 17.6 Å². The van der Waals surface area contributed by atoms with Crippen LogP contribution in [0.25, 0.3) is 0 Å². The summed E-state index contributed by atoms with van der Waals surface area (Å²) in [7, 11) is -3.84. The van der Waals surface area contributed by atoms with E-state index in [1.807, 2.05) is 6.92 Å². The Balaban J connectivity index is 1.91. The van der Waals surface area contributed by atoms with Crippen LogP contribution in [0.2, 0.25) is 0 Å². The highest BCUT2D eigenvalue weighted by Crippen LogP contribution is 2.36. The Labute approximate surface area is 143 Å². The van der Waals surface area contributed by atoms with Crippen LogP contribution in [-0.2, 0) is 14.8 Å². The molecule has 8 heteroatoms. The molecule has 5 nitrogen and oxygen atoms in total. The van der Waals surface area contributed by atoms with Gasteiger partial charge in [-0.2, -0.15) is 0 Å². The third kappa shape index (κ3) is 3.70. The maximum Gasteiger partial charge on any atom is 0.261 e. The van der Waals surface area contributed by atoms with Crippen LogP contribution in [-0.4, -0.2) is 19.6 Å². The summed E-state index contributed by atoms with van der Waals surface area (Å²) in [6, 6.07) is 9.64. The Morgan fingerprint density at radius 1 is 1.21 bits per heavy atom. The number of carbonyl (C=O) groups is 1. The summed E-state index contributed by atoms with van der Waals surface area (Å²) in [6.07, 6.45) is 0.370. The van der Waals surface area contributed by atoms with Gasteiger partial charge in [0, 0.05) is 22.3 Å². The average molecular weight is 366 g/mol. The van der Waals surface area contributed by atoms with Gasteiger partial charge in [0.1, 0.15) is 5.82 Å². The molecule has 2 aromatic rings. The van der Waals surface area contributed by atoms with Crippen molar-refractivity contribution >= 4 is 39.1 Å². The molecule has 1 amide bonds. The second kappa shape index (κ2) is 6.45. The van der Waals surface area contributed by atoms with Crippen LogP contribution in [0.15, 0.2) is 52.3 Å². The maximum absolute atomic E-state index is 12.9. The zero-order chi connectivity index (χ0) is 17.3. The Morgan fingerprint density at radius 3 is 2.62 bits per heavy atom. The van der Waals surface area contributed by atoms with Crippen molar-refractivity contribution in [1.29, 1.82) is 0 Å². The van der Waals surface area contributed by atoms with E-state index in [1.54, 1.807) is 6.07 Å². The van der Waals surface area contributed by atoms with Gasteiger partial charge in [-0.05, 0) is 42.5 Å². The molecule has 1 atom stereocenters. The zero-order valence-corrected chi connectivity index (χ0v) is 14.4. The normalized spacial score (nSPS) is 17.6. The molecule has 0 saturated carbocycles. The molecule has 1 aliphatic rings. The van der Waals surface area contributed by atoms with Gasteiger partial charge >= 0.3 is 0 Å². The van der Waals surface area contributed by atoms with Gasteiger partial charge in [0.15, 0.2) is 0 Å². The number of thioether (sulfide) groups is 1. The molecule has 0 aliphatic carbocycles. The van der Waals surface area contributed by atoms with Crippen LogP contribution in [0.5, 0.6) is 0 Å². The van der Waals surface area contributed by atoms with Gasteiger partial charge < -0.3 is 5.32 Å². The minimum absolute atomic E-state index is 0.0287. The molecule has 2 N–H and O–H groups in total. The van der Waals surface area contributed by atoms with Gasteiger partial charge in [0.05, 0.1) is 10.6 Å². The molecule has 1 heterocycles. The molecule has 0 aromatic heterocycles. The first kappa shape index (κ1) is 16.8. The molecule has 0 unspecified atom stereocenters. The van der Waals surface area contributed by atoms with Gasteiger partial charge in [-0.25, -0.2) is 12.8 Å². The van der Waals surface area contributed by atoms with Crippen molar-refractivity contribution in [1.82, 2.24) is 0 Å². The Hall–Kier alpha value is -2.06. The molecule has 0 spiro atoms. The highest BCUT2D eigenvalue weighted by Gasteiger charge is 2.22. The van der Waals surface area contributed by atoms with Crippen molar-refractivity contribution in [3.8, 4) is 0 Å². The number of carbonyl (C=O) groups excluding carboxylic acids is 1. The monoisotopic (exact) mass is 366 g/mol. The summed E-state index contributed by atoms with van der Waals surface area (Å²) in [5.74, 6) is -0.591. The maximum atomic E-state index is 12.9. The second-order valence-corrected chi connectivity index (χ2v) is 8.61. The van der Waals surface area contributed by atoms with Crippen LogP contribution >= 0.6 is 11.8 Å². The number of anilines is 2. The lowest BCUT2D eigenvalue weighted by Crippen LogP contribution is -2.15. The quantitative estimate of drug-likeness (QED) is 0.872. The van der Waals surface area contributed by atoms with Crippen LogP contribution < -0.4 is 10.0 Å². The smallest absolute Gasteiger partial charge is 0.261 e. The van der Waals surface area contributed by atoms with E-state index in [-0.39, 0.29) is 21.7 Å². The number of nitrogens with one attached hydrogen (secondary N) is 2. The van der Waals surface area contributed by atoms with E-state index >= 15 is 0 Å². The first-order valence-corrected chi connectivity index (χ1v) is 9.59. The lowest BCUT2D eigenvalue weighted by atomic mass is 10.3. The number of amides is 1. The number of benzene rings is 2. The lowest BCUT2D eigenvalue weighted by molar-refractivity contribution is -0.116. The number of rotatable bonds is 3. The van der Waals surface area contributed by atoms with Crippen molar-refractivity contribution in [3.63, 3.8) is 0 Å². The van der Waals surface area contributed by atoms with E-state index < -0.39 is 15.8 Å². The van der Waals surface area contributed by atoms with Crippen LogP contribution in [0.1, 0.15) is 13.3 Å². The van der Waals surface area contributed by atoms with Crippen molar-refractivity contribution in [2.24, 2.45) is 0 Å². The second-order valence-electron chi connectivity index (χ2n) is 5.45. The van der Waals surface area contributed by atoms with Gasteiger partial charge in [0.25, 0.3) is 10.0 Å². The van der Waals surface area contributed by atoms with Crippen molar-refractivity contribution in [2.45, 2.75) is 28.4 Å². The number of fused-ring (bicyclic) bond motifs is 1. The van der Waals surface area contributed by atoms with Crippen molar-refractivity contribution in [2.75, 3.05) is 10.0 Å². The Kier molecular flexibility index (Phi) is 4.51. The highest BCUT2D eigenvalue weighted by molar-refractivity contribution is 8.00. The summed E-state index contributed by atoms with van der Waals surface area (Å²) in [5.41, 5.74) is 0.745. The molecule has 0 saturated heterocycles. The standard InChI is InChI=1S/C16H15FN2O3S2/c1-10-8-16(20)18-14-9-13(6-7-15(14)23-10)24(21,22)19-12-4-2-11(17)3-5-12/h2-7,9-10,19H,8H2,1H3,(H,18,20)/t10-/m0/s1. The fourth-order valence-electron chi connectivity index (χ4n) is 2.33. The molecule has 126 valence electrons. The summed E-state index contributed by atoms with van der Waals surface area (Å²) >= 11 is 1.52. The lowest BCUT2D eigenvalue weighted by Gasteiger charge is -2.12. The SMILES string of the molecule is C[C@H]1CC(=O)Nc2cc(S(=O)(=O)Nc3ccc(F)cc3)ccc2S1. The van der Waals surface area contributed by atoms with Gasteiger partial charge in [-0.1, -0.05) is 6.92 Å². The molecule has 0 bridgehead atoms. The predicted octanol–water partition coefficient (Wildman–Crippen LogP) is 3.45. The molecule has 2 aromatic carbocycles.